The van der Waals surface area contributed by atoms with Crippen LogP contribution < -0.4 is 0 Å². The van der Waals surface area contributed by atoms with Gasteiger partial charge in [0.05, 0.1) is 63.0 Å². The molecule has 0 amide bonds. The molecule has 12 N–H and O–H groups in total. The van der Waals surface area contributed by atoms with Crippen molar-refractivity contribution in [3.63, 3.8) is 0 Å². The molecule has 16 heteroatoms. The van der Waals surface area contributed by atoms with Crippen LogP contribution in [0.1, 0.15) is 226 Å². The van der Waals surface area contributed by atoms with Gasteiger partial charge in [0.1, 0.15) is 0 Å². The van der Waals surface area contributed by atoms with Gasteiger partial charge in [-0.25, -0.2) is 9.59 Å². The van der Waals surface area contributed by atoms with E-state index in [4.69, 9.17) is 20.4 Å². The van der Waals surface area contributed by atoms with Crippen LogP contribution in [0.5, 0.6) is 0 Å². The number of aliphatic hydroxyl groups excluding tert-OH is 8. The van der Waals surface area contributed by atoms with Crippen molar-refractivity contribution in [2.75, 3.05) is 39.6 Å². The smallest absolute Gasteiger partial charge is 0.335 e. The zero-order chi connectivity index (χ0) is 54.1. The van der Waals surface area contributed by atoms with Crippen molar-refractivity contribution in [2.24, 2.45) is 10.8 Å². The van der Waals surface area contributed by atoms with Gasteiger partial charge < -0.3 is 61.3 Å². The Balaban J connectivity index is 0. The molecule has 0 saturated heterocycles. The lowest BCUT2D eigenvalue weighted by molar-refractivity contribution is -0.138. The molecule has 0 aliphatic heterocycles. The number of benzene rings is 1. The Hall–Kier alpha value is -3.74. The van der Waals surface area contributed by atoms with Crippen LogP contribution in [0.2, 0.25) is 0 Å². The van der Waals surface area contributed by atoms with Crippen LogP contribution in [0.15, 0.2) is 48.6 Å². The molecule has 0 aromatic heterocycles. The molecule has 0 aliphatic carbocycles. The molecule has 1 aromatic rings. The summed E-state index contributed by atoms with van der Waals surface area (Å²) in [5, 5.41) is 110. The van der Waals surface area contributed by atoms with E-state index in [9.17, 15) is 60.0 Å². The molecule has 0 radical (unpaired) electrons. The molecule has 1 aromatic carbocycles. The number of unbranched alkanes of at least 4 members (excludes halogenated alkanes) is 20. The van der Waals surface area contributed by atoms with E-state index in [2.05, 4.69) is 24.3 Å². The first kappa shape index (κ1) is 70.3. The summed E-state index contributed by atoms with van der Waals surface area (Å²) in [6.45, 7) is -1.08. The molecule has 0 unspecified atom stereocenters. The Bertz CT molecular complexity index is 1400. The minimum Gasteiger partial charge on any atom is -0.481 e. The molecule has 1 rings (SSSR count). The highest BCUT2D eigenvalue weighted by Gasteiger charge is 2.28. The molecule has 0 saturated carbocycles. The summed E-state index contributed by atoms with van der Waals surface area (Å²) in [5.41, 5.74) is -1.51. The molecule has 0 bridgehead atoms. The summed E-state index contributed by atoms with van der Waals surface area (Å²) < 4.78 is 0. The third kappa shape index (κ3) is 41.7. The largest absolute Gasteiger partial charge is 0.481 e. The first-order valence-electron chi connectivity index (χ1n) is 26.9. The van der Waals surface area contributed by atoms with Gasteiger partial charge in [0.15, 0.2) is 0 Å². The lowest BCUT2D eigenvalue weighted by Crippen LogP contribution is -2.33. The van der Waals surface area contributed by atoms with E-state index in [-0.39, 0.29) is 75.8 Å². The standard InChI is InChI=1S/2C24H46O6.C8H6O4/c2*25-19-24(20-26,21-27)18-14-10-6-5-8-12-16-22(28)15-11-7-3-1-2-4-9-13-17-23(29)30;9-7(10)5-2-1-3-6(4-5)8(11)12/h2*7,11,22,25-28H,1-6,8-10,12-21H2,(H,29,30);1-4H,(H,9,10)(H,11,12)/b2*11-7-;/t2*22-;/m00./s1. The lowest BCUT2D eigenvalue weighted by atomic mass is 9.85. The van der Waals surface area contributed by atoms with Crippen molar-refractivity contribution in [1.82, 2.24) is 0 Å². The van der Waals surface area contributed by atoms with Gasteiger partial charge in [-0.05, 0) is 95.2 Å². The molecular weight excluding hydrogens is 929 g/mol. The van der Waals surface area contributed by atoms with Crippen LogP contribution in [0, 0.1) is 10.8 Å². The normalized spacial score (nSPS) is 12.6. The van der Waals surface area contributed by atoms with E-state index < -0.39 is 34.7 Å². The van der Waals surface area contributed by atoms with Crippen molar-refractivity contribution in [2.45, 2.75) is 218 Å². The van der Waals surface area contributed by atoms with E-state index in [1.54, 1.807) is 0 Å². The number of carbonyl (C=O) groups is 4. The highest BCUT2D eigenvalue weighted by atomic mass is 16.4. The van der Waals surface area contributed by atoms with Crippen molar-refractivity contribution >= 4 is 23.9 Å². The SMILES string of the molecule is O=C(O)CCCCCCC/C=C\C[C@H](O)CCCCCCCCC(CO)(CO)CO.O=C(O)CCCCCCC/C=C\C[C@H](O)CCCCCCCCC(CO)(CO)CO.O=C(O)c1cccc(C(=O)O)c1. The molecule has 0 aliphatic rings. The molecular formula is C56H98O16. The fourth-order valence-corrected chi connectivity index (χ4v) is 7.85. The molecule has 2 atom stereocenters. The highest BCUT2D eigenvalue weighted by molar-refractivity contribution is 5.93. The summed E-state index contributed by atoms with van der Waals surface area (Å²) >= 11 is 0. The molecule has 0 heterocycles. The van der Waals surface area contributed by atoms with E-state index in [0.29, 0.717) is 25.7 Å². The fraction of sp³-hybridized carbons (Fsp3) is 0.750. The third-order valence-corrected chi connectivity index (χ3v) is 13.0. The molecule has 418 valence electrons. The van der Waals surface area contributed by atoms with Gasteiger partial charge in [-0.1, -0.05) is 146 Å². The van der Waals surface area contributed by atoms with Gasteiger partial charge >= 0.3 is 23.9 Å². The number of aliphatic hydroxyl groups is 8. The summed E-state index contributed by atoms with van der Waals surface area (Å²) in [6, 6.07) is 5.20. The number of aromatic carboxylic acids is 2. The maximum Gasteiger partial charge on any atom is 0.335 e. The van der Waals surface area contributed by atoms with Crippen LogP contribution in [0.25, 0.3) is 0 Å². The fourth-order valence-electron chi connectivity index (χ4n) is 7.85. The Labute approximate surface area is 430 Å². The van der Waals surface area contributed by atoms with Crippen LogP contribution in [-0.2, 0) is 9.59 Å². The van der Waals surface area contributed by atoms with Crippen LogP contribution >= 0.6 is 0 Å². The average Bonchev–Trinajstić information content (AvgIpc) is 3.37. The van der Waals surface area contributed by atoms with Gasteiger partial charge in [-0.3, -0.25) is 9.59 Å². The van der Waals surface area contributed by atoms with Gasteiger partial charge in [0.2, 0.25) is 0 Å². The van der Waals surface area contributed by atoms with E-state index >= 15 is 0 Å². The minimum absolute atomic E-state index is 0.0186. The lowest BCUT2D eigenvalue weighted by Gasteiger charge is -2.27. The Morgan fingerprint density at radius 3 is 1.00 bits per heavy atom. The van der Waals surface area contributed by atoms with Crippen LogP contribution in [-0.4, -0.2) is 137 Å². The van der Waals surface area contributed by atoms with E-state index in [1.807, 2.05) is 0 Å². The van der Waals surface area contributed by atoms with Crippen LogP contribution in [0.4, 0.5) is 0 Å². The maximum absolute atomic E-state index is 10.4. The minimum atomic E-state index is -1.13. The van der Waals surface area contributed by atoms with Gasteiger partial charge in [0, 0.05) is 23.7 Å². The molecule has 16 nitrogen and oxygen atoms in total. The third-order valence-electron chi connectivity index (χ3n) is 13.0. The number of carboxylic acid groups (broad SMARTS) is 4. The van der Waals surface area contributed by atoms with Crippen molar-refractivity contribution in [1.29, 1.82) is 0 Å². The monoisotopic (exact) mass is 1030 g/mol. The van der Waals surface area contributed by atoms with Gasteiger partial charge in [-0.15, -0.1) is 0 Å². The Morgan fingerprint density at radius 2 is 0.694 bits per heavy atom. The summed E-state index contributed by atoms with van der Waals surface area (Å²) in [7, 11) is 0. The van der Waals surface area contributed by atoms with E-state index in [1.165, 1.54) is 18.2 Å². The average molecular weight is 1030 g/mol. The first-order chi connectivity index (χ1) is 34.6. The van der Waals surface area contributed by atoms with Crippen molar-refractivity contribution < 1.29 is 80.5 Å². The van der Waals surface area contributed by atoms with Gasteiger partial charge in [0.25, 0.3) is 0 Å². The molecule has 72 heavy (non-hydrogen) atoms. The highest BCUT2D eigenvalue weighted by Crippen LogP contribution is 2.25. The predicted octanol–water partition coefficient (Wildman–Crippen LogP) is 9.47. The number of hydrogen-bond acceptors (Lipinski definition) is 12. The second kappa shape index (κ2) is 48.2. The zero-order valence-corrected chi connectivity index (χ0v) is 43.6. The second-order valence-corrected chi connectivity index (χ2v) is 19.6. The second-order valence-electron chi connectivity index (χ2n) is 19.6. The predicted molar refractivity (Wildman–Crippen MR) is 281 cm³/mol. The van der Waals surface area contributed by atoms with Crippen molar-refractivity contribution in [3.05, 3.63) is 59.7 Å². The summed E-state index contributed by atoms with van der Waals surface area (Å²) in [4.78, 5) is 41.6. The Morgan fingerprint density at radius 1 is 0.403 bits per heavy atom. The van der Waals surface area contributed by atoms with E-state index in [0.717, 1.165) is 173 Å². The first-order valence-corrected chi connectivity index (χ1v) is 26.9. The molecule has 0 fully saturated rings. The number of allylic oxidation sites excluding steroid dienone is 2. The quantitative estimate of drug-likeness (QED) is 0.0214. The topological polar surface area (TPSA) is 311 Å². The van der Waals surface area contributed by atoms with Crippen LogP contribution in [0.3, 0.4) is 0 Å². The number of hydrogen-bond donors (Lipinski definition) is 12. The maximum atomic E-state index is 10.4. The molecule has 0 spiro atoms. The number of carboxylic acids is 4. The summed E-state index contributed by atoms with van der Waals surface area (Å²) in [5.74, 6) is -3.67. The summed E-state index contributed by atoms with van der Waals surface area (Å²) in [6.07, 6.45) is 37.7. The van der Waals surface area contributed by atoms with Gasteiger partial charge in [-0.2, -0.15) is 0 Å². The number of aliphatic carboxylic acids is 2. The number of rotatable bonds is 46. The zero-order valence-electron chi connectivity index (χ0n) is 43.6. The Kier molecular flexibility index (Phi) is 47.1. The van der Waals surface area contributed by atoms with Crippen molar-refractivity contribution in [3.8, 4) is 0 Å².